The van der Waals surface area contributed by atoms with E-state index in [0.717, 1.165) is 0 Å². The van der Waals surface area contributed by atoms with Crippen molar-refractivity contribution in [2.24, 2.45) is 5.92 Å². The molecule has 0 radical (unpaired) electrons. The van der Waals surface area contributed by atoms with Gasteiger partial charge >= 0.3 is 5.97 Å². The third-order valence-corrected chi connectivity index (χ3v) is 4.99. The molecule has 1 aromatic rings. The Morgan fingerprint density at radius 1 is 1.65 bits per heavy atom. The molecular formula is C9H13N3O4S. The fourth-order valence-corrected chi connectivity index (χ4v) is 3.67. The van der Waals surface area contributed by atoms with Gasteiger partial charge in [0.2, 0.25) is 0 Å². The topological polar surface area (TPSA) is 103 Å². The van der Waals surface area contributed by atoms with Crippen LogP contribution in [0.3, 0.4) is 0 Å². The zero-order valence-electron chi connectivity index (χ0n) is 9.20. The van der Waals surface area contributed by atoms with Gasteiger partial charge in [0.25, 0.3) is 10.0 Å². The number of hydrogen-bond acceptors (Lipinski definition) is 4. The lowest BCUT2D eigenvalue weighted by molar-refractivity contribution is -0.142. The molecule has 2 heterocycles. The molecule has 1 saturated heterocycles. The molecule has 0 amide bonds. The lowest BCUT2D eigenvalue weighted by Crippen LogP contribution is -2.37. The lowest BCUT2D eigenvalue weighted by atomic mass is 10.0. The van der Waals surface area contributed by atoms with Crippen LogP contribution in [0.4, 0.5) is 0 Å². The zero-order valence-corrected chi connectivity index (χ0v) is 10.0. The van der Waals surface area contributed by atoms with Gasteiger partial charge in [0.15, 0.2) is 5.03 Å². The molecule has 17 heavy (non-hydrogen) atoms. The first-order chi connectivity index (χ1) is 7.94. The van der Waals surface area contributed by atoms with E-state index < -0.39 is 28.0 Å². The highest BCUT2D eigenvalue weighted by molar-refractivity contribution is 7.89. The smallest absolute Gasteiger partial charge is 0.308 e. The summed E-state index contributed by atoms with van der Waals surface area (Å²) in [6.07, 6.45) is 2.84. The number of carboxylic acid groups (broad SMARTS) is 1. The minimum Gasteiger partial charge on any atom is -0.481 e. The summed E-state index contributed by atoms with van der Waals surface area (Å²) in [5, 5.41) is 8.95. The molecule has 0 spiro atoms. The molecule has 0 saturated carbocycles. The van der Waals surface area contributed by atoms with Crippen LogP contribution in [0.2, 0.25) is 0 Å². The van der Waals surface area contributed by atoms with Crippen LogP contribution < -0.4 is 0 Å². The number of sulfonamides is 1. The molecule has 0 bridgehead atoms. The van der Waals surface area contributed by atoms with E-state index in [4.69, 9.17) is 5.11 Å². The van der Waals surface area contributed by atoms with Gasteiger partial charge in [-0.3, -0.25) is 4.79 Å². The first-order valence-corrected chi connectivity index (χ1v) is 6.61. The van der Waals surface area contributed by atoms with Crippen LogP contribution in [-0.4, -0.2) is 46.4 Å². The average Bonchev–Trinajstić information content (AvgIpc) is 2.84. The first-order valence-electron chi connectivity index (χ1n) is 5.17. The van der Waals surface area contributed by atoms with Crippen LogP contribution in [0.25, 0.3) is 0 Å². The Kier molecular flexibility index (Phi) is 2.92. The van der Waals surface area contributed by atoms with Crippen molar-refractivity contribution in [1.82, 2.24) is 14.3 Å². The monoisotopic (exact) mass is 259 g/mol. The molecule has 94 valence electrons. The van der Waals surface area contributed by atoms with E-state index in [9.17, 15) is 13.2 Å². The summed E-state index contributed by atoms with van der Waals surface area (Å²) in [5.74, 6) is -1.60. The molecule has 2 atom stereocenters. The summed E-state index contributed by atoms with van der Waals surface area (Å²) >= 11 is 0. The van der Waals surface area contributed by atoms with E-state index in [-0.39, 0.29) is 11.6 Å². The van der Waals surface area contributed by atoms with Gasteiger partial charge in [-0.2, -0.15) is 4.31 Å². The summed E-state index contributed by atoms with van der Waals surface area (Å²) in [6, 6.07) is -0.541. The summed E-state index contributed by atoms with van der Waals surface area (Å²) in [7, 11) is -3.66. The Hall–Kier alpha value is -1.41. The van der Waals surface area contributed by atoms with Crippen LogP contribution in [0.1, 0.15) is 13.3 Å². The Morgan fingerprint density at radius 2 is 2.35 bits per heavy atom. The predicted molar refractivity (Wildman–Crippen MR) is 57.7 cm³/mol. The fraction of sp³-hybridized carbons (Fsp3) is 0.556. The minimum absolute atomic E-state index is 0.00427. The summed E-state index contributed by atoms with van der Waals surface area (Å²) < 4.78 is 25.5. The number of aliphatic carboxylic acids is 1. The van der Waals surface area contributed by atoms with E-state index in [1.165, 1.54) is 16.8 Å². The van der Waals surface area contributed by atoms with Gasteiger partial charge < -0.3 is 10.1 Å². The summed E-state index contributed by atoms with van der Waals surface area (Å²) in [5.41, 5.74) is 0. The second kappa shape index (κ2) is 4.11. The highest BCUT2D eigenvalue weighted by Crippen LogP contribution is 2.29. The maximum absolute atomic E-state index is 12.1. The third-order valence-electron chi connectivity index (χ3n) is 3.07. The Bertz CT molecular complexity index is 510. The number of nitrogens with one attached hydrogen (secondary N) is 1. The Labute approximate surface area is 98.5 Å². The number of aromatic nitrogens is 2. The number of hydrogen-bond donors (Lipinski definition) is 2. The number of rotatable bonds is 3. The van der Waals surface area contributed by atoms with Crippen LogP contribution in [0.5, 0.6) is 0 Å². The van der Waals surface area contributed by atoms with Gasteiger partial charge in [-0.1, -0.05) is 0 Å². The van der Waals surface area contributed by atoms with Crippen molar-refractivity contribution < 1.29 is 18.3 Å². The van der Waals surface area contributed by atoms with Crippen molar-refractivity contribution in [2.45, 2.75) is 24.4 Å². The van der Waals surface area contributed by atoms with Gasteiger partial charge in [-0.25, -0.2) is 13.4 Å². The number of H-pyrrole nitrogens is 1. The molecule has 2 N–H and O–H groups in total. The number of aromatic amines is 1. The number of carbonyl (C=O) groups is 1. The normalized spacial score (nSPS) is 26.2. The number of nitrogens with zero attached hydrogens (tertiary/aromatic N) is 2. The van der Waals surface area contributed by atoms with Crippen molar-refractivity contribution in [3.8, 4) is 0 Å². The maximum atomic E-state index is 12.1. The standard InChI is InChI=1S/C9H13N3O4S/c1-6-7(9(13)14)2-3-12(6)17(15,16)8-4-10-5-11-8/h4-7H,2-3H2,1H3,(H,10,11)(H,13,14). The molecule has 1 aliphatic rings. The zero-order chi connectivity index (χ0) is 12.6. The third kappa shape index (κ3) is 1.93. The van der Waals surface area contributed by atoms with E-state index >= 15 is 0 Å². The molecule has 0 aliphatic carbocycles. The highest BCUT2D eigenvalue weighted by Gasteiger charge is 2.42. The Morgan fingerprint density at radius 3 is 2.82 bits per heavy atom. The fourth-order valence-electron chi connectivity index (χ4n) is 2.09. The lowest BCUT2D eigenvalue weighted by Gasteiger charge is -2.21. The maximum Gasteiger partial charge on any atom is 0.308 e. The van der Waals surface area contributed by atoms with Gasteiger partial charge in [-0.15, -0.1) is 0 Å². The molecular weight excluding hydrogens is 246 g/mol. The van der Waals surface area contributed by atoms with Crippen molar-refractivity contribution in [2.75, 3.05) is 6.54 Å². The second-order valence-electron chi connectivity index (χ2n) is 4.01. The van der Waals surface area contributed by atoms with Crippen molar-refractivity contribution >= 4 is 16.0 Å². The van der Waals surface area contributed by atoms with Gasteiger partial charge in [-0.05, 0) is 13.3 Å². The van der Waals surface area contributed by atoms with E-state index in [0.29, 0.717) is 6.42 Å². The van der Waals surface area contributed by atoms with E-state index in [1.807, 2.05) is 0 Å². The summed E-state index contributed by atoms with van der Waals surface area (Å²) in [4.78, 5) is 17.1. The largest absolute Gasteiger partial charge is 0.481 e. The molecule has 2 rings (SSSR count). The molecule has 2 unspecified atom stereocenters. The Balaban J connectivity index is 2.29. The average molecular weight is 259 g/mol. The second-order valence-corrected chi connectivity index (χ2v) is 5.86. The van der Waals surface area contributed by atoms with Gasteiger partial charge in [0.05, 0.1) is 18.4 Å². The number of carboxylic acids is 1. The minimum atomic E-state index is -3.66. The highest BCUT2D eigenvalue weighted by atomic mass is 32.2. The van der Waals surface area contributed by atoms with Crippen LogP contribution in [0, 0.1) is 5.92 Å². The van der Waals surface area contributed by atoms with Gasteiger partial charge in [0.1, 0.15) is 0 Å². The van der Waals surface area contributed by atoms with Crippen LogP contribution in [-0.2, 0) is 14.8 Å². The molecule has 8 heteroatoms. The SMILES string of the molecule is CC1C(C(=O)O)CCN1S(=O)(=O)c1cnc[nH]1. The van der Waals surface area contributed by atoms with Crippen LogP contribution >= 0.6 is 0 Å². The quantitative estimate of drug-likeness (QED) is 0.788. The van der Waals surface area contributed by atoms with Crippen molar-refractivity contribution in [3.05, 3.63) is 12.5 Å². The van der Waals surface area contributed by atoms with Crippen LogP contribution in [0.15, 0.2) is 17.6 Å². The molecule has 1 fully saturated rings. The summed E-state index contributed by atoms with van der Waals surface area (Å²) in [6.45, 7) is 1.83. The van der Waals surface area contributed by atoms with Gasteiger partial charge in [0, 0.05) is 12.6 Å². The molecule has 0 aromatic carbocycles. The number of imidazole rings is 1. The predicted octanol–water partition coefficient (Wildman–Crippen LogP) is -0.107. The molecule has 1 aliphatic heterocycles. The van der Waals surface area contributed by atoms with E-state index in [2.05, 4.69) is 9.97 Å². The molecule has 7 nitrogen and oxygen atoms in total. The first kappa shape index (κ1) is 12.1. The molecule has 1 aromatic heterocycles. The van der Waals surface area contributed by atoms with E-state index in [1.54, 1.807) is 6.92 Å². The van der Waals surface area contributed by atoms with Crippen molar-refractivity contribution in [3.63, 3.8) is 0 Å². The van der Waals surface area contributed by atoms with Crippen molar-refractivity contribution in [1.29, 1.82) is 0 Å².